The maximum Gasteiger partial charge on any atom is 3.00 e. The third-order valence-electron chi connectivity index (χ3n) is 0. The van der Waals surface area contributed by atoms with Crippen LogP contribution in [-0.4, -0.2) is 49.3 Å². The van der Waals surface area contributed by atoms with Gasteiger partial charge in [0.2, 0.25) is 0 Å². The van der Waals surface area contributed by atoms with E-state index in [-0.39, 0.29) is 119 Å². The van der Waals surface area contributed by atoms with Crippen molar-refractivity contribution < 1.29 is 119 Å². The van der Waals surface area contributed by atoms with Gasteiger partial charge in [-0.15, -0.1) is 0 Å². The van der Waals surface area contributed by atoms with E-state index >= 15 is 0 Å². The van der Waals surface area contributed by atoms with Crippen molar-refractivity contribution in [2.45, 2.75) is 0 Å². The van der Waals surface area contributed by atoms with Crippen LogP contribution < -0.4 is 0 Å². The van der Waals surface area contributed by atoms with Gasteiger partial charge in [-0.2, -0.15) is 0 Å². The van der Waals surface area contributed by atoms with Crippen molar-refractivity contribution in [1.82, 2.24) is 0 Å². The summed E-state index contributed by atoms with van der Waals surface area (Å²) < 4.78 is 0. The molecule has 0 aromatic heterocycles. The second-order valence-electron chi connectivity index (χ2n) is 0. The second-order valence-corrected chi connectivity index (χ2v) is 0. The van der Waals surface area contributed by atoms with Crippen molar-refractivity contribution in [3.05, 3.63) is 0 Å². The van der Waals surface area contributed by atoms with E-state index in [2.05, 4.69) is 0 Å². The Kier molecular flexibility index (Phi) is 47000. The molecule has 0 bridgehead atoms. The zero-order chi connectivity index (χ0) is 0. The predicted octanol–water partition coefficient (Wildman–Crippen LogP) is -1.60. The molecule has 0 aliphatic rings. The van der Waals surface area contributed by atoms with Gasteiger partial charge in [0.25, 0.3) is 0 Å². The van der Waals surface area contributed by atoms with Crippen LogP contribution in [0.4, 0.5) is 0 Å². The summed E-state index contributed by atoms with van der Waals surface area (Å²) in [7, 11) is 0. The predicted molar refractivity (Wildman–Crippen MR) is 17.4 cm³/mol. The summed E-state index contributed by atoms with van der Waals surface area (Å²) in [4.78, 5) is 0. The van der Waals surface area contributed by atoms with Gasteiger partial charge in [0.15, 0.2) is 0 Å². The van der Waals surface area contributed by atoms with E-state index in [4.69, 9.17) is 0 Å². The van der Waals surface area contributed by atoms with E-state index in [1.165, 1.54) is 0 Å². The van der Waals surface area contributed by atoms with Crippen LogP contribution in [0.3, 0.4) is 0 Å². The normalized spacial score (nSPS) is 0. The summed E-state index contributed by atoms with van der Waals surface area (Å²) in [6, 6.07) is 0. The van der Waals surface area contributed by atoms with E-state index in [1.54, 1.807) is 0 Å². The Balaban J connectivity index is 0. The largest absolute Gasteiger partial charge is 3.00 e. The first kappa shape index (κ1) is 873. The van der Waals surface area contributed by atoms with Gasteiger partial charge in [-0.05, 0) is 0 Å². The first-order chi connectivity index (χ1) is 0. The Hall–Kier alpha value is 1.80. The zero-order valence-corrected chi connectivity index (χ0v) is 10.4. The molecule has 0 spiro atoms. The summed E-state index contributed by atoms with van der Waals surface area (Å²) in [5.74, 6) is 0. The second kappa shape index (κ2) is 700. The summed E-state index contributed by atoms with van der Waals surface area (Å²) in [6.45, 7) is 0. The molecule has 9 nitrogen and oxygen atoms in total. The van der Waals surface area contributed by atoms with Crippen molar-refractivity contribution >= 4 is 0 Å². The summed E-state index contributed by atoms with van der Waals surface area (Å²) >= 11 is 0. The van der Waals surface area contributed by atoms with Crippen LogP contribution >= 0.6 is 0 Å². The maximum absolute atomic E-state index is 0. The third kappa shape index (κ3) is 595. The van der Waals surface area contributed by atoms with Crippen molar-refractivity contribution in [3.8, 4) is 0 Å². The van der Waals surface area contributed by atoms with Gasteiger partial charge in [0.05, 0.1) is 0 Å². The molecule has 9 N–H and O–H groups in total. The monoisotopic (exact) mass is 424 g/mol. The fraction of sp³-hybridized carbons (Fsp3) is 0. The van der Waals surface area contributed by atoms with Crippen molar-refractivity contribution in [2.24, 2.45) is 0 Å². The van der Waals surface area contributed by atoms with Crippen LogP contribution in [0.25, 0.3) is 0 Å². The molecule has 0 heterocycles. The van der Waals surface area contributed by atoms with Crippen molar-refractivity contribution in [1.29, 1.82) is 0 Å². The Labute approximate surface area is 119 Å². The minimum atomic E-state index is 0. The molecular formula is H9FeMnNiO9Ru. The number of rotatable bonds is 0. The Morgan fingerprint density at radius 2 is 0.385 bits per heavy atom. The van der Waals surface area contributed by atoms with Crippen molar-refractivity contribution in [3.63, 3.8) is 0 Å². The number of hydrogen-bond acceptors (Lipinski definition) is 9. The molecular weight excluding hydrogens is 415 g/mol. The Morgan fingerprint density at radius 3 is 0.385 bits per heavy atom. The third-order valence-corrected chi connectivity index (χ3v) is 0. The molecule has 0 aromatic rings. The summed E-state index contributed by atoms with van der Waals surface area (Å²) in [5, 5.41) is 0. The van der Waals surface area contributed by atoms with Crippen LogP contribution in [0.2, 0.25) is 0 Å². The van der Waals surface area contributed by atoms with Crippen LogP contribution in [0.1, 0.15) is 0 Å². The standard InChI is InChI=1S/Fe.Mn.Ni.9H2O.Ru/h;;;9*1H2;/q3*+2;;;;;;;;;;+3/p-9. The molecule has 0 saturated heterocycles. The molecule has 0 atom stereocenters. The molecule has 0 saturated carbocycles. The first-order valence-electron chi connectivity index (χ1n) is 0. The fourth-order valence-electron chi connectivity index (χ4n) is 0. The minimum absolute atomic E-state index is 0. The van der Waals surface area contributed by atoms with Gasteiger partial charge < -0.3 is 49.3 Å². The molecule has 13 heteroatoms. The van der Waals surface area contributed by atoms with Crippen LogP contribution in [0.5, 0.6) is 0 Å². The van der Waals surface area contributed by atoms with E-state index in [9.17, 15) is 0 Å². The molecule has 96 valence electrons. The van der Waals surface area contributed by atoms with Crippen LogP contribution in [0, 0.1) is 0 Å². The zero-order valence-electron chi connectivity index (χ0n) is 5.43. The van der Waals surface area contributed by atoms with Gasteiger partial charge in [0, 0.05) is 0 Å². The molecule has 0 fully saturated rings. The van der Waals surface area contributed by atoms with E-state index in [1.807, 2.05) is 0 Å². The quantitative estimate of drug-likeness (QED) is 0.405. The molecule has 0 aliphatic carbocycles. The van der Waals surface area contributed by atoms with Gasteiger partial charge in [-0.25, -0.2) is 0 Å². The Bertz CT molecular complexity index is 19.6. The smallest absolute Gasteiger partial charge is 0.870 e. The van der Waals surface area contributed by atoms with Crippen LogP contribution in [0.15, 0.2) is 0 Å². The maximum atomic E-state index is 0. The van der Waals surface area contributed by atoms with Crippen LogP contribution in [-0.2, 0) is 70.1 Å². The van der Waals surface area contributed by atoms with E-state index in [0.29, 0.717) is 0 Å². The first-order valence-corrected chi connectivity index (χ1v) is 0. The van der Waals surface area contributed by atoms with Gasteiger partial charge in [-0.1, -0.05) is 0 Å². The van der Waals surface area contributed by atoms with E-state index < -0.39 is 0 Å². The summed E-state index contributed by atoms with van der Waals surface area (Å²) in [6.07, 6.45) is 0. The minimum Gasteiger partial charge on any atom is -0.870 e. The topological polar surface area (TPSA) is 270 Å². The van der Waals surface area contributed by atoms with Gasteiger partial charge in [0.1, 0.15) is 0 Å². The fourth-order valence-corrected chi connectivity index (χ4v) is 0. The Morgan fingerprint density at radius 1 is 0.385 bits per heavy atom. The average molecular weight is 424 g/mol. The number of hydrogen-bond donors (Lipinski definition) is 0. The molecule has 13 heavy (non-hydrogen) atoms. The van der Waals surface area contributed by atoms with E-state index in [0.717, 1.165) is 0 Å². The molecule has 0 aliphatic heterocycles. The molecule has 0 unspecified atom stereocenters. The summed E-state index contributed by atoms with van der Waals surface area (Å²) in [5.41, 5.74) is 0. The molecule has 2 radical (unpaired) electrons. The average Bonchev–Trinajstić information content (AvgIpc) is 0. The van der Waals surface area contributed by atoms with Gasteiger partial charge in [-0.3, -0.25) is 0 Å². The molecule has 0 aromatic carbocycles. The SMILES string of the molecule is [Fe+2].[Mn+2].[Ni+2].[OH-].[OH-].[OH-].[OH-].[OH-].[OH-].[OH-].[OH-].[OH-].[Ru+3]. The molecule has 0 rings (SSSR count). The molecule has 0 amide bonds. The van der Waals surface area contributed by atoms with Gasteiger partial charge >= 0.3 is 70.1 Å². The van der Waals surface area contributed by atoms with Crippen molar-refractivity contribution in [2.75, 3.05) is 0 Å².